The predicted molar refractivity (Wildman–Crippen MR) is 49.7 cm³/mol. The Morgan fingerprint density at radius 3 is 2.64 bits per heavy atom. The van der Waals surface area contributed by atoms with Gasteiger partial charge in [-0.15, -0.1) is 0 Å². The first-order chi connectivity index (χ1) is 5.43. The number of unbranched alkanes of at least 4 members (excludes halogenated alkanes) is 1. The normalized spacial score (nSPS) is 18.3. The summed E-state index contributed by atoms with van der Waals surface area (Å²) >= 11 is 0. The first-order valence-corrected chi connectivity index (χ1v) is 5.14. The highest BCUT2D eigenvalue weighted by molar-refractivity contribution is 4.69. The maximum atomic E-state index is 3.36. The van der Waals surface area contributed by atoms with Crippen molar-refractivity contribution >= 4 is 0 Å². The van der Waals surface area contributed by atoms with Gasteiger partial charge in [-0.2, -0.15) is 0 Å². The van der Waals surface area contributed by atoms with Crippen LogP contribution in [-0.2, 0) is 0 Å². The molecule has 66 valence electrons. The summed E-state index contributed by atoms with van der Waals surface area (Å²) in [4.78, 5) is 0. The van der Waals surface area contributed by atoms with Crippen molar-refractivity contribution in [2.75, 3.05) is 13.1 Å². The maximum Gasteiger partial charge on any atom is -0.00490 e. The molecule has 0 amide bonds. The van der Waals surface area contributed by atoms with E-state index in [2.05, 4.69) is 12.2 Å². The Morgan fingerprint density at radius 1 is 1.27 bits per heavy atom. The van der Waals surface area contributed by atoms with E-state index in [-0.39, 0.29) is 0 Å². The van der Waals surface area contributed by atoms with Crippen molar-refractivity contribution in [1.29, 1.82) is 0 Å². The molecule has 0 unspecified atom stereocenters. The Bertz CT molecular complexity index is 86.9. The van der Waals surface area contributed by atoms with Crippen LogP contribution in [0.15, 0.2) is 0 Å². The van der Waals surface area contributed by atoms with Gasteiger partial charge in [0.2, 0.25) is 0 Å². The van der Waals surface area contributed by atoms with Crippen LogP contribution in [0.2, 0.25) is 0 Å². The van der Waals surface area contributed by atoms with Crippen LogP contribution in [0, 0.1) is 5.92 Å². The molecule has 1 saturated carbocycles. The second-order valence-corrected chi connectivity index (χ2v) is 3.65. The van der Waals surface area contributed by atoms with Crippen molar-refractivity contribution in [1.82, 2.24) is 5.32 Å². The molecule has 1 aliphatic rings. The molecule has 0 aliphatic heterocycles. The molecule has 0 bridgehead atoms. The largest absolute Gasteiger partial charge is 0.317 e. The van der Waals surface area contributed by atoms with Crippen LogP contribution in [0.3, 0.4) is 0 Å². The lowest BCUT2D eigenvalue weighted by atomic mass is 9.82. The molecule has 1 fully saturated rings. The third kappa shape index (κ3) is 3.76. The maximum absolute atomic E-state index is 3.36. The van der Waals surface area contributed by atoms with Gasteiger partial charge in [-0.1, -0.05) is 39.0 Å². The van der Waals surface area contributed by atoms with Crippen LogP contribution >= 0.6 is 0 Å². The molecule has 0 radical (unpaired) electrons. The Kier molecular flexibility index (Phi) is 4.60. The van der Waals surface area contributed by atoms with E-state index in [9.17, 15) is 0 Å². The molecular weight excluding hydrogens is 134 g/mol. The van der Waals surface area contributed by atoms with E-state index in [0.29, 0.717) is 0 Å². The highest BCUT2D eigenvalue weighted by Crippen LogP contribution is 2.30. The number of hydrogen-bond acceptors (Lipinski definition) is 1. The van der Waals surface area contributed by atoms with Crippen LogP contribution in [0.25, 0.3) is 0 Å². The Labute approximate surface area is 70.6 Å². The van der Waals surface area contributed by atoms with E-state index in [4.69, 9.17) is 0 Å². The average Bonchev–Trinajstić information content (AvgIpc) is 1.93. The van der Waals surface area contributed by atoms with Gasteiger partial charge in [-0.25, -0.2) is 0 Å². The molecular formula is C10H21N. The lowest BCUT2D eigenvalue weighted by Crippen LogP contribution is -2.15. The third-order valence-corrected chi connectivity index (χ3v) is 2.69. The van der Waals surface area contributed by atoms with E-state index in [0.717, 1.165) is 12.5 Å². The van der Waals surface area contributed by atoms with Crippen LogP contribution < -0.4 is 5.32 Å². The summed E-state index contributed by atoms with van der Waals surface area (Å²) in [7, 11) is 0. The van der Waals surface area contributed by atoms with Crippen molar-refractivity contribution in [3.63, 3.8) is 0 Å². The fourth-order valence-electron chi connectivity index (χ4n) is 1.64. The first-order valence-electron chi connectivity index (χ1n) is 5.14. The molecule has 1 aliphatic carbocycles. The molecule has 0 aromatic carbocycles. The predicted octanol–water partition coefficient (Wildman–Crippen LogP) is 2.57. The van der Waals surface area contributed by atoms with Crippen molar-refractivity contribution in [3.05, 3.63) is 0 Å². The van der Waals surface area contributed by atoms with Gasteiger partial charge < -0.3 is 5.32 Å². The van der Waals surface area contributed by atoms with E-state index in [1.54, 1.807) is 0 Å². The van der Waals surface area contributed by atoms with Gasteiger partial charge in [0.1, 0.15) is 0 Å². The van der Waals surface area contributed by atoms with Gasteiger partial charge in [0.15, 0.2) is 0 Å². The fourth-order valence-corrected chi connectivity index (χ4v) is 1.64. The summed E-state index contributed by atoms with van der Waals surface area (Å²) in [5, 5.41) is 3.36. The average molecular weight is 155 g/mol. The summed E-state index contributed by atoms with van der Waals surface area (Å²) < 4.78 is 0. The van der Waals surface area contributed by atoms with E-state index in [1.807, 2.05) is 0 Å². The van der Waals surface area contributed by atoms with Crippen LogP contribution in [0.5, 0.6) is 0 Å². The molecule has 0 spiro atoms. The smallest absolute Gasteiger partial charge is 0.00490 e. The lowest BCUT2D eigenvalue weighted by molar-refractivity contribution is 0.287. The minimum atomic E-state index is 1.11. The van der Waals surface area contributed by atoms with Gasteiger partial charge in [0, 0.05) is 0 Å². The Morgan fingerprint density at radius 2 is 2.09 bits per heavy atom. The molecule has 0 heterocycles. The zero-order valence-electron chi connectivity index (χ0n) is 7.73. The molecule has 1 N–H and O–H groups in total. The number of nitrogens with one attached hydrogen (secondary N) is 1. The lowest BCUT2D eigenvalue weighted by Gasteiger charge is -2.24. The summed E-state index contributed by atoms with van der Waals surface area (Å²) in [6, 6.07) is 0. The minimum Gasteiger partial charge on any atom is -0.317 e. The highest BCUT2D eigenvalue weighted by Gasteiger charge is 2.15. The van der Waals surface area contributed by atoms with Crippen LogP contribution in [0.4, 0.5) is 0 Å². The van der Waals surface area contributed by atoms with Crippen molar-refractivity contribution in [2.45, 2.75) is 45.4 Å². The summed E-state index contributed by atoms with van der Waals surface area (Å²) in [6.07, 6.45) is 8.84. The summed E-state index contributed by atoms with van der Waals surface area (Å²) in [6.45, 7) is 4.53. The Hall–Kier alpha value is -0.0400. The van der Waals surface area contributed by atoms with Gasteiger partial charge in [-0.05, 0) is 25.4 Å². The molecule has 1 heteroatoms. The molecule has 0 saturated heterocycles. The fraction of sp³-hybridized carbons (Fsp3) is 1.00. The number of hydrogen-bond donors (Lipinski definition) is 1. The van der Waals surface area contributed by atoms with Gasteiger partial charge in [-0.3, -0.25) is 0 Å². The zero-order valence-corrected chi connectivity index (χ0v) is 7.73. The van der Waals surface area contributed by atoms with Crippen molar-refractivity contribution in [3.8, 4) is 0 Å². The Balaban J connectivity index is 1.73. The van der Waals surface area contributed by atoms with Crippen molar-refractivity contribution in [2.24, 2.45) is 5.92 Å². The van der Waals surface area contributed by atoms with Crippen LogP contribution in [-0.4, -0.2) is 13.1 Å². The molecule has 11 heavy (non-hydrogen) atoms. The van der Waals surface area contributed by atoms with Gasteiger partial charge >= 0.3 is 0 Å². The summed E-state index contributed by atoms with van der Waals surface area (Å²) in [5.74, 6) is 1.11. The molecule has 1 rings (SSSR count). The van der Waals surface area contributed by atoms with Crippen molar-refractivity contribution < 1.29 is 0 Å². The first kappa shape index (κ1) is 9.05. The topological polar surface area (TPSA) is 12.0 Å². The SMILES string of the molecule is CCNCCCCC1CCC1. The highest BCUT2D eigenvalue weighted by atomic mass is 14.8. The zero-order chi connectivity index (χ0) is 7.94. The van der Waals surface area contributed by atoms with E-state index < -0.39 is 0 Å². The number of rotatable bonds is 6. The second kappa shape index (κ2) is 5.59. The molecule has 0 aromatic heterocycles. The quantitative estimate of drug-likeness (QED) is 0.581. The third-order valence-electron chi connectivity index (χ3n) is 2.69. The summed E-state index contributed by atoms with van der Waals surface area (Å²) in [5.41, 5.74) is 0. The standard InChI is InChI=1S/C10H21N/c1-2-11-9-4-3-6-10-7-5-8-10/h10-11H,2-9H2,1H3. The van der Waals surface area contributed by atoms with Gasteiger partial charge in [0.25, 0.3) is 0 Å². The molecule has 1 nitrogen and oxygen atoms in total. The minimum absolute atomic E-state index is 1.11. The second-order valence-electron chi connectivity index (χ2n) is 3.65. The van der Waals surface area contributed by atoms with Gasteiger partial charge in [0.05, 0.1) is 0 Å². The van der Waals surface area contributed by atoms with E-state index in [1.165, 1.54) is 45.1 Å². The van der Waals surface area contributed by atoms with Crippen LogP contribution in [0.1, 0.15) is 45.4 Å². The molecule has 0 aromatic rings. The monoisotopic (exact) mass is 155 g/mol. The van der Waals surface area contributed by atoms with E-state index >= 15 is 0 Å². The molecule has 0 atom stereocenters.